The van der Waals surface area contributed by atoms with E-state index in [1.165, 1.54) is 0 Å². The van der Waals surface area contributed by atoms with Gasteiger partial charge in [-0.2, -0.15) is 0 Å². The van der Waals surface area contributed by atoms with E-state index in [9.17, 15) is 9.59 Å². The number of anilines is 1. The Morgan fingerprint density at radius 2 is 1.91 bits per heavy atom. The molecule has 0 saturated carbocycles. The summed E-state index contributed by atoms with van der Waals surface area (Å²) in [4.78, 5) is 26.6. The molecule has 3 N–H and O–H groups in total. The molecule has 2 rings (SSSR count). The lowest BCUT2D eigenvalue weighted by Gasteiger charge is -2.07. The minimum Gasteiger partial charge on any atom is -0.352 e. The van der Waals surface area contributed by atoms with Crippen LogP contribution in [0.2, 0.25) is 0 Å². The number of nitrogens with one attached hydrogen (secondary N) is 3. The summed E-state index contributed by atoms with van der Waals surface area (Å²) in [6.45, 7) is 3.94. The van der Waals surface area contributed by atoms with Gasteiger partial charge in [0, 0.05) is 24.0 Å². The smallest absolute Gasteiger partial charge is 0.258 e. The maximum Gasteiger partial charge on any atom is 0.258 e. The van der Waals surface area contributed by atoms with Crippen LogP contribution in [0.3, 0.4) is 0 Å². The summed E-state index contributed by atoms with van der Waals surface area (Å²) in [5.74, 6) is -0.492. The molecule has 2 aromatic rings. The molecular formula is C16H15N3O2S. The first-order valence-corrected chi connectivity index (χ1v) is 7.01. The van der Waals surface area contributed by atoms with Gasteiger partial charge in [0.25, 0.3) is 11.8 Å². The summed E-state index contributed by atoms with van der Waals surface area (Å²) in [5.41, 5.74) is 1.49. The first-order valence-electron chi connectivity index (χ1n) is 6.60. The van der Waals surface area contributed by atoms with Crippen molar-refractivity contribution in [3.05, 3.63) is 71.0 Å². The number of carbonyl (C=O) groups excluding carboxylic acids is 2. The Labute approximate surface area is 133 Å². The highest BCUT2D eigenvalue weighted by Crippen LogP contribution is 2.11. The van der Waals surface area contributed by atoms with Gasteiger partial charge in [0.05, 0.1) is 5.56 Å². The molecule has 2 amide bonds. The zero-order chi connectivity index (χ0) is 15.9. The normalized spacial score (nSPS) is 9.82. The third-order valence-corrected chi connectivity index (χ3v) is 3.21. The SMILES string of the molecule is C=CCNC(=O)c1ccc(NC(=O)c2ccc[nH]c2=S)cc1. The molecule has 0 aliphatic heterocycles. The molecule has 1 aromatic carbocycles. The van der Waals surface area contributed by atoms with Crippen LogP contribution in [0.5, 0.6) is 0 Å². The molecule has 5 nitrogen and oxygen atoms in total. The monoisotopic (exact) mass is 313 g/mol. The van der Waals surface area contributed by atoms with Crippen LogP contribution in [0.4, 0.5) is 5.69 Å². The molecule has 0 unspecified atom stereocenters. The van der Waals surface area contributed by atoms with Gasteiger partial charge >= 0.3 is 0 Å². The predicted octanol–water partition coefficient (Wildman–Crippen LogP) is 2.91. The molecular weight excluding hydrogens is 298 g/mol. The summed E-state index contributed by atoms with van der Waals surface area (Å²) in [7, 11) is 0. The van der Waals surface area contributed by atoms with Gasteiger partial charge in [-0.05, 0) is 36.4 Å². The highest BCUT2D eigenvalue weighted by molar-refractivity contribution is 7.71. The lowest BCUT2D eigenvalue weighted by molar-refractivity contribution is 0.0957. The summed E-state index contributed by atoms with van der Waals surface area (Å²) in [5, 5.41) is 5.41. The summed E-state index contributed by atoms with van der Waals surface area (Å²) >= 11 is 5.06. The lowest BCUT2D eigenvalue weighted by atomic mass is 10.2. The maximum atomic E-state index is 12.1. The number of hydrogen-bond donors (Lipinski definition) is 3. The van der Waals surface area contributed by atoms with E-state index in [2.05, 4.69) is 22.2 Å². The van der Waals surface area contributed by atoms with Crippen molar-refractivity contribution < 1.29 is 9.59 Å². The second-order valence-corrected chi connectivity index (χ2v) is 4.85. The van der Waals surface area contributed by atoms with Gasteiger partial charge in [0.2, 0.25) is 0 Å². The van der Waals surface area contributed by atoms with Crippen LogP contribution in [0.25, 0.3) is 0 Å². The molecule has 0 fully saturated rings. The Balaban J connectivity index is 2.07. The number of benzene rings is 1. The number of rotatable bonds is 5. The van der Waals surface area contributed by atoms with Gasteiger partial charge in [-0.15, -0.1) is 6.58 Å². The summed E-state index contributed by atoms with van der Waals surface area (Å²) in [6, 6.07) is 9.95. The van der Waals surface area contributed by atoms with Crippen LogP contribution in [0.1, 0.15) is 20.7 Å². The Bertz CT molecular complexity index is 750. The van der Waals surface area contributed by atoms with E-state index >= 15 is 0 Å². The van der Waals surface area contributed by atoms with E-state index in [1.807, 2.05) is 0 Å². The van der Waals surface area contributed by atoms with Gasteiger partial charge in [0.15, 0.2) is 0 Å². The number of pyridine rings is 1. The first-order chi connectivity index (χ1) is 10.6. The fraction of sp³-hybridized carbons (Fsp3) is 0.0625. The van der Waals surface area contributed by atoms with Crippen molar-refractivity contribution in [2.75, 3.05) is 11.9 Å². The fourth-order valence-corrected chi connectivity index (χ4v) is 2.00. The quantitative estimate of drug-likeness (QED) is 0.587. The number of aromatic nitrogens is 1. The van der Waals surface area contributed by atoms with Crippen LogP contribution in [0.15, 0.2) is 55.3 Å². The van der Waals surface area contributed by atoms with E-state index in [0.29, 0.717) is 28.0 Å². The lowest BCUT2D eigenvalue weighted by Crippen LogP contribution is -2.23. The van der Waals surface area contributed by atoms with Crippen molar-refractivity contribution in [3.8, 4) is 0 Å². The standard InChI is InChI=1S/C16H15N3O2S/c1-2-9-17-14(20)11-5-7-12(8-6-11)19-15(21)13-4-3-10-18-16(13)22/h2-8,10H,1,9H2,(H,17,20)(H,18,22)(H,19,21). The zero-order valence-electron chi connectivity index (χ0n) is 11.8. The molecule has 112 valence electrons. The van der Waals surface area contributed by atoms with Crippen LogP contribution in [-0.4, -0.2) is 23.3 Å². The maximum absolute atomic E-state index is 12.1. The largest absolute Gasteiger partial charge is 0.352 e. The second-order valence-electron chi connectivity index (χ2n) is 4.44. The van der Waals surface area contributed by atoms with Crippen molar-refractivity contribution in [2.45, 2.75) is 0 Å². The molecule has 22 heavy (non-hydrogen) atoms. The number of amides is 2. The molecule has 0 aliphatic rings. The van der Waals surface area contributed by atoms with E-state index in [-0.39, 0.29) is 11.8 Å². The predicted molar refractivity (Wildman–Crippen MR) is 88.6 cm³/mol. The highest BCUT2D eigenvalue weighted by atomic mass is 32.1. The van der Waals surface area contributed by atoms with E-state index in [1.54, 1.807) is 48.7 Å². The van der Waals surface area contributed by atoms with Crippen LogP contribution >= 0.6 is 12.2 Å². The zero-order valence-corrected chi connectivity index (χ0v) is 12.6. The Morgan fingerprint density at radius 1 is 1.18 bits per heavy atom. The van der Waals surface area contributed by atoms with Crippen LogP contribution < -0.4 is 10.6 Å². The minimum absolute atomic E-state index is 0.191. The van der Waals surface area contributed by atoms with Crippen molar-refractivity contribution in [1.82, 2.24) is 10.3 Å². The topological polar surface area (TPSA) is 74.0 Å². The highest BCUT2D eigenvalue weighted by Gasteiger charge is 2.09. The molecule has 0 spiro atoms. The van der Waals surface area contributed by atoms with Crippen LogP contribution in [0, 0.1) is 4.64 Å². The van der Waals surface area contributed by atoms with E-state index in [0.717, 1.165) is 0 Å². The molecule has 0 bridgehead atoms. The van der Waals surface area contributed by atoms with Crippen molar-refractivity contribution in [1.29, 1.82) is 0 Å². The number of H-pyrrole nitrogens is 1. The number of hydrogen-bond acceptors (Lipinski definition) is 3. The third kappa shape index (κ3) is 3.89. The molecule has 0 saturated heterocycles. The average Bonchev–Trinajstić information content (AvgIpc) is 2.53. The van der Waals surface area contributed by atoms with Gasteiger partial charge < -0.3 is 15.6 Å². The van der Waals surface area contributed by atoms with E-state index in [4.69, 9.17) is 12.2 Å². The van der Waals surface area contributed by atoms with Crippen molar-refractivity contribution >= 4 is 29.7 Å². The Kier molecular flexibility index (Phi) is 5.21. The molecule has 1 heterocycles. The Morgan fingerprint density at radius 3 is 2.55 bits per heavy atom. The second kappa shape index (κ2) is 7.33. The summed E-state index contributed by atoms with van der Waals surface area (Å²) in [6.07, 6.45) is 3.27. The van der Waals surface area contributed by atoms with Gasteiger partial charge in [0.1, 0.15) is 4.64 Å². The van der Waals surface area contributed by atoms with E-state index < -0.39 is 0 Å². The van der Waals surface area contributed by atoms with Crippen LogP contribution in [-0.2, 0) is 0 Å². The van der Waals surface area contributed by atoms with Crippen molar-refractivity contribution in [3.63, 3.8) is 0 Å². The molecule has 1 aromatic heterocycles. The molecule has 0 radical (unpaired) electrons. The molecule has 6 heteroatoms. The minimum atomic E-state index is -0.300. The number of aromatic amines is 1. The Hall–Kier alpha value is -2.73. The van der Waals surface area contributed by atoms with Crippen molar-refractivity contribution in [2.24, 2.45) is 0 Å². The average molecular weight is 313 g/mol. The molecule has 0 atom stereocenters. The first kappa shape index (κ1) is 15.7. The number of carbonyl (C=O) groups is 2. The fourth-order valence-electron chi connectivity index (χ4n) is 1.77. The summed E-state index contributed by atoms with van der Waals surface area (Å²) < 4.78 is 0.375. The van der Waals surface area contributed by atoms with Gasteiger partial charge in [-0.3, -0.25) is 9.59 Å². The third-order valence-electron chi connectivity index (χ3n) is 2.87. The van der Waals surface area contributed by atoms with Gasteiger partial charge in [-0.1, -0.05) is 18.3 Å². The molecule has 0 aliphatic carbocycles. The van der Waals surface area contributed by atoms with Gasteiger partial charge in [-0.25, -0.2) is 0 Å².